The maximum absolute atomic E-state index is 5.92. The van der Waals surface area contributed by atoms with Crippen molar-refractivity contribution < 1.29 is 0 Å². The van der Waals surface area contributed by atoms with E-state index >= 15 is 0 Å². The van der Waals surface area contributed by atoms with Crippen molar-refractivity contribution in [3.8, 4) is 0 Å². The number of rotatable bonds is 0. The Bertz CT molecular complexity index is 271. The fraction of sp³-hybridized carbons (Fsp3) is 0.455. The van der Waals surface area contributed by atoms with Gasteiger partial charge < -0.3 is 5.73 Å². The van der Waals surface area contributed by atoms with Gasteiger partial charge in [0.1, 0.15) is 0 Å². The quantitative estimate of drug-likeness (QED) is 0.659. The maximum Gasteiger partial charge on any atom is 0.0839 e. The molecule has 2 heteroatoms. The Morgan fingerprint density at radius 3 is 2.54 bits per heavy atom. The van der Waals surface area contributed by atoms with E-state index in [-0.39, 0.29) is 6.17 Å². The highest BCUT2D eigenvalue weighted by atomic mass is 15.2. The molecular formula is C11H18N2. The summed E-state index contributed by atoms with van der Waals surface area (Å²) in [5, 5.41) is 0. The highest BCUT2D eigenvalue weighted by molar-refractivity contribution is 5.32. The number of hydrogen-bond acceptors (Lipinski definition) is 2. The van der Waals surface area contributed by atoms with E-state index in [0.717, 1.165) is 6.54 Å². The SMILES string of the molecule is CC.CN1Cc2ccccc2C1N. The second-order valence-corrected chi connectivity index (χ2v) is 3.06. The Morgan fingerprint density at radius 1 is 1.31 bits per heavy atom. The van der Waals surface area contributed by atoms with E-state index in [1.54, 1.807) is 0 Å². The van der Waals surface area contributed by atoms with Gasteiger partial charge in [-0.1, -0.05) is 38.1 Å². The number of nitrogens with two attached hydrogens (primary N) is 1. The Morgan fingerprint density at radius 2 is 1.92 bits per heavy atom. The average Bonchev–Trinajstić information content (AvgIpc) is 2.47. The molecule has 0 aliphatic carbocycles. The molecule has 0 saturated carbocycles. The molecule has 1 aliphatic rings. The minimum absolute atomic E-state index is 0.103. The molecule has 2 nitrogen and oxygen atoms in total. The largest absolute Gasteiger partial charge is 0.312 e. The lowest BCUT2D eigenvalue weighted by Gasteiger charge is -2.13. The maximum atomic E-state index is 5.92. The van der Waals surface area contributed by atoms with Crippen molar-refractivity contribution in [3.63, 3.8) is 0 Å². The van der Waals surface area contributed by atoms with Crippen LogP contribution in [-0.4, -0.2) is 11.9 Å². The van der Waals surface area contributed by atoms with E-state index in [0.29, 0.717) is 0 Å². The van der Waals surface area contributed by atoms with Gasteiger partial charge in [-0.05, 0) is 18.2 Å². The summed E-state index contributed by atoms with van der Waals surface area (Å²) in [6.07, 6.45) is 0.103. The Kier molecular flexibility index (Phi) is 3.46. The van der Waals surface area contributed by atoms with Crippen molar-refractivity contribution in [2.75, 3.05) is 7.05 Å². The third-order valence-corrected chi connectivity index (χ3v) is 2.27. The molecule has 1 aromatic rings. The van der Waals surface area contributed by atoms with Crippen LogP contribution in [0.2, 0.25) is 0 Å². The van der Waals surface area contributed by atoms with Gasteiger partial charge in [-0.3, -0.25) is 4.90 Å². The predicted octanol–water partition coefficient (Wildman–Crippen LogP) is 2.12. The van der Waals surface area contributed by atoms with Crippen LogP contribution in [0, 0.1) is 0 Å². The van der Waals surface area contributed by atoms with Crippen molar-refractivity contribution >= 4 is 0 Å². The van der Waals surface area contributed by atoms with Gasteiger partial charge in [-0.25, -0.2) is 0 Å². The minimum Gasteiger partial charge on any atom is -0.312 e. The van der Waals surface area contributed by atoms with Gasteiger partial charge in [-0.2, -0.15) is 0 Å². The van der Waals surface area contributed by atoms with Crippen molar-refractivity contribution in [3.05, 3.63) is 35.4 Å². The number of fused-ring (bicyclic) bond motifs is 1. The smallest absolute Gasteiger partial charge is 0.0839 e. The van der Waals surface area contributed by atoms with Crippen LogP contribution in [0.25, 0.3) is 0 Å². The molecule has 0 radical (unpaired) electrons. The van der Waals surface area contributed by atoms with Crippen molar-refractivity contribution in [1.82, 2.24) is 4.90 Å². The van der Waals surface area contributed by atoms with Crippen LogP contribution in [-0.2, 0) is 6.54 Å². The van der Waals surface area contributed by atoms with Gasteiger partial charge >= 0.3 is 0 Å². The van der Waals surface area contributed by atoms with Gasteiger partial charge in [0, 0.05) is 6.54 Å². The highest BCUT2D eigenvalue weighted by Gasteiger charge is 2.22. The Balaban J connectivity index is 0.000000396. The molecule has 1 unspecified atom stereocenters. The first-order valence-electron chi connectivity index (χ1n) is 4.82. The van der Waals surface area contributed by atoms with Crippen molar-refractivity contribution in [2.45, 2.75) is 26.6 Å². The molecule has 13 heavy (non-hydrogen) atoms. The minimum atomic E-state index is 0.103. The zero-order valence-electron chi connectivity index (χ0n) is 8.62. The molecule has 2 rings (SSSR count). The third kappa shape index (κ3) is 1.90. The molecule has 0 amide bonds. The summed E-state index contributed by atoms with van der Waals surface area (Å²) in [4.78, 5) is 2.14. The lowest BCUT2D eigenvalue weighted by Crippen LogP contribution is -2.23. The summed E-state index contributed by atoms with van der Waals surface area (Å²) >= 11 is 0. The van der Waals surface area contributed by atoms with Crippen LogP contribution < -0.4 is 5.73 Å². The average molecular weight is 178 g/mol. The topological polar surface area (TPSA) is 29.3 Å². The fourth-order valence-corrected chi connectivity index (χ4v) is 1.57. The van der Waals surface area contributed by atoms with Crippen LogP contribution in [0.1, 0.15) is 31.1 Å². The van der Waals surface area contributed by atoms with E-state index in [2.05, 4.69) is 23.1 Å². The van der Waals surface area contributed by atoms with E-state index in [4.69, 9.17) is 5.73 Å². The van der Waals surface area contributed by atoms with E-state index in [1.165, 1.54) is 11.1 Å². The summed E-state index contributed by atoms with van der Waals surface area (Å²) in [6.45, 7) is 4.98. The summed E-state index contributed by atoms with van der Waals surface area (Å²) in [7, 11) is 2.05. The van der Waals surface area contributed by atoms with E-state index in [9.17, 15) is 0 Å². The number of benzene rings is 1. The Hall–Kier alpha value is -0.860. The van der Waals surface area contributed by atoms with E-state index < -0.39 is 0 Å². The lowest BCUT2D eigenvalue weighted by molar-refractivity contribution is 0.275. The van der Waals surface area contributed by atoms with Crippen molar-refractivity contribution in [1.29, 1.82) is 0 Å². The van der Waals surface area contributed by atoms with Crippen LogP contribution in [0.4, 0.5) is 0 Å². The first-order chi connectivity index (χ1) is 6.29. The number of nitrogens with zero attached hydrogens (tertiary/aromatic N) is 1. The molecule has 0 bridgehead atoms. The second kappa shape index (κ2) is 4.40. The zero-order valence-corrected chi connectivity index (χ0v) is 8.62. The van der Waals surface area contributed by atoms with Gasteiger partial charge in [0.2, 0.25) is 0 Å². The molecule has 1 aliphatic heterocycles. The first-order valence-corrected chi connectivity index (χ1v) is 4.82. The molecule has 2 N–H and O–H groups in total. The van der Waals surface area contributed by atoms with Gasteiger partial charge in [0.25, 0.3) is 0 Å². The van der Waals surface area contributed by atoms with Gasteiger partial charge in [0.15, 0.2) is 0 Å². The molecule has 1 heterocycles. The molecule has 0 saturated heterocycles. The van der Waals surface area contributed by atoms with E-state index in [1.807, 2.05) is 27.0 Å². The van der Waals surface area contributed by atoms with Crippen LogP contribution in [0.3, 0.4) is 0 Å². The van der Waals surface area contributed by atoms with Crippen LogP contribution >= 0.6 is 0 Å². The molecule has 0 spiro atoms. The lowest BCUT2D eigenvalue weighted by atomic mass is 10.1. The molecule has 1 atom stereocenters. The fourth-order valence-electron chi connectivity index (χ4n) is 1.57. The summed E-state index contributed by atoms with van der Waals surface area (Å²) in [6, 6.07) is 8.34. The predicted molar refractivity (Wildman–Crippen MR) is 56.2 cm³/mol. The summed E-state index contributed by atoms with van der Waals surface area (Å²) < 4.78 is 0. The first kappa shape index (κ1) is 10.2. The summed E-state index contributed by atoms with van der Waals surface area (Å²) in [5.74, 6) is 0. The third-order valence-electron chi connectivity index (χ3n) is 2.27. The van der Waals surface area contributed by atoms with Crippen LogP contribution in [0.15, 0.2) is 24.3 Å². The molecule has 72 valence electrons. The van der Waals surface area contributed by atoms with Gasteiger partial charge in [-0.15, -0.1) is 0 Å². The standard InChI is InChI=1S/C9H12N2.C2H6/c1-11-6-7-4-2-3-5-8(7)9(11)10;1-2/h2-5,9H,6,10H2,1H3;1-2H3. The molecule has 0 aromatic heterocycles. The monoisotopic (exact) mass is 178 g/mol. The molecule has 0 fully saturated rings. The zero-order chi connectivity index (χ0) is 9.84. The van der Waals surface area contributed by atoms with Crippen molar-refractivity contribution in [2.24, 2.45) is 5.73 Å². The van der Waals surface area contributed by atoms with Crippen LogP contribution in [0.5, 0.6) is 0 Å². The number of hydrogen-bond donors (Lipinski definition) is 1. The summed E-state index contributed by atoms with van der Waals surface area (Å²) in [5.41, 5.74) is 8.55. The highest BCUT2D eigenvalue weighted by Crippen LogP contribution is 2.27. The molecular weight excluding hydrogens is 160 g/mol. The molecule has 1 aromatic carbocycles. The Labute approximate surface area is 80.4 Å². The van der Waals surface area contributed by atoms with Gasteiger partial charge in [0.05, 0.1) is 6.17 Å². The normalized spacial score (nSPS) is 20.5. The second-order valence-electron chi connectivity index (χ2n) is 3.06.